The molecule has 3 N–H and O–H groups in total. The van der Waals surface area contributed by atoms with Crippen molar-refractivity contribution in [3.63, 3.8) is 0 Å². The summed E-state index contributed by atoms with van der Waals surface area (Å²) in [5.74, 6) is -0.832. The van der Waals surface area contributed by atoms with Crippen molar-refractivity contribution in [2.24, 2.45) is 0 Å². The number of sulfone groups is 1. The Morgan fingerprint density at radius 2 is 1.76 bits per heavy atom. The number of fused-ring (bicyclic) bond motifs is 1. The molecule has 1 fully saturated rings. The zero-order chi connectivity index (χ0) is 29.1. The lowest BCUT2D eigenvalue weighted by atomic mass is 9.71. The Hall–Kier alpha value is -3.98. The summed E-state index contributed by atoms with van der Waals surface area (Å²) in [6.45, 7) is 2.13. The normalized spacial score (nSPS) is 16.5. The minimum Gasteiger partial charge on any atom is -0.361 e. The van der Waals surface area contributed by atoms with E-state index in [-0.39, 0.29) is 28.2 Å². The quantitative estimate of drug-likeness (QED) is 0.268. The predicted molar refractivity (Wildman–Crippen MR) is 159 cm³/mol. The molecule has 2 heterocycles. The molecule has 214 valence electrons. The number of aromatic nitrogens is 2. The third-order valence-corrected chi connectivity index (χ3v) is 9.35. The van der Waals surface area contributed by atoms with Crippen LogP contribution in [-0.2, 0) is 26.5 Å². The highest BCUT2D eigenvalue weighted by Gasteiger charge is 2.40. The first-order valence-electron chi connectivity index (χ1n) is 14.0. The summed E-state index contributed by atoms with van der Waals surface area (Å²) in [6.07, 6.45) is 10.1. The molecule has 0 saturated heterocycles. The second-order valence-corrected chi connectivity index (χ2v) is 13.4. The number of para-hydroxylation sites is 1. The Balaban J connectivity index is 1.45. The molecule has 41 heavy (non-hydrogen) atoms. The van der Waals surface area contributed by atoms with Crippen LogP contribution in [-0.4, -0.2) is 48.5 Å². The maximum Gasteiger partial charge on any atom is 0.252 e. The van der Waals surface area contributed by atoms with Gasteiger partial charge in [-0.15, -0.1) is 0 Å². The van der Waals surface area contributed by atoms with Crippen LogP contribution in [0.2, 0.25) is 0 Å². The molecule has 0 unspecified atom stereocenters. The van der Waals surface area contributed by atoms with Crippen molar-refractivity contribution < 1.29 is 18.0 Å². The molecule has 5 rings (SSSR count). The van der Waals surface area contributed by atoms with Gasteiger partial charge in [-0.1, -0.05) is 49.6 Å². The minimum atomic E-state index is -3.51. The molecular formula is C32H36N4O4S. The van der Waals surface area contributed by atoms with Crippen molar-refractivity contribution in [3.8, 4) is 0 Å². The molecule has 1 aliphatic rings. The molecule has 0 radical (unpaired) electrons. The Kier molecular flexibility index (Phi) is 8.00. The Bertz CT molecular complexity index is 1660. The van der Waals surface area contributed by atoms with Crippen LogP contribution < -0.4 is 10.6 Å². The van der Waals surface area contributed by atoms with Gasteiger partial charge in [-0.25, -0.2) is 8.42 Å². The molecule has 2 aromatic carbocycles. The predicted octanol–water partition coefficient (Wildman–Crippen LogP) is 4.72. The minimum absolute atomic E-state index is 0.0440. The van der Waals surface area contributed by atoms with E-state index in [1.165, 1.54) is 18.2 Å². The van der Waals surface area contributed by atoms with Crippen LogP contribution in [0.1, 0.15) is 60.6 Å². The van der Waals surface area contributed by atoms with Crippen LogP contribution in [0, 0.1) is 0 Å². The second kappa shape index (κ2) is 11.5. The van der Waals surface area contributed by atoms with E-state index in [0.717, 1.165) is 60.5 Å². The number of H-pyrrole nitrogens is 1. The lowest BCUT2D eigenvalue weighted by molar-refractivity contribution is -0.127. The van der Waals surface area contributed by atoms with Gasteiger partial charge in [0, 0.05) is 59.2 Å². The van der Waals surface area contributed by atoms with Crippen LogP contribution >= 0.6 is 0 Å². The van der Waals surface area contributed by atoms with E-state index >= 15 is 0 Å². The van der Waals surface area contributed by atoms with Gasteiger partial charge in [0.25, 0.3) is 5.91 Å². The number of nitrogens with zero attached hydrogens (tertiary/aromatic N) is 1. The summed E-state index contributed by atoms with van der Waals surface area (Å²) in [7, 11) is -3.51. The van der Waals surface area contributed by atoms with Crippen LogP contribution in [0.3, 0.4) is 0 Å². The largest absolute Gasteiger partial charge is 0.361 e. The summed E-state index contributed by atoms with van der Waals surface area (Å²) in [4.78, 5) is 35.6. The fourth-order valence-electron chi connectivity index (χ4n) is 5.90. The number of carbonyl (C=O) groups excluding carboxylic acids is 2. The molecule has 0 spiro atoms. The van der Waals surface area contributed by atoms with E-state index < -0.39 is 21.3 Å². The summed E-state index contributed by atoms with van der Waals surface area (Å²) in [6, 6.07) is 19.6. The van der Waals surface area contributed by atoms with Crippen LogP contribution in [0.5, 0.6) is 0 Å². The number of rotatable bonds is 9. The van der Waals surface area contributed by atoms with Gasteiger partial charge in [-0.2, -0.15) is 0 Å². The van der Waals surface area contributed by atoms with Gasteiger partial charge < -0.3 is 15.6 Å². The third kappa shape index (κ3) is 6.20. The highest BCUT2D eigenvalue weighted by molar-refractivity contribution is 7.90. The smallest absolute Gasteiger partial charge is 0.252 e. The lowest BCUT2D eigenvalue weighted by Gasteiger charge is -2.38. The topological polar surface area (TPSA) is 121 Å². The van der Waals surface area contributed by atoms with Crippen molar-refractivity contribution >= 4 is 32.6 Å². The van der Waals surface area contributed by atoms with Gasteiger partial charge in [-0.3, -0.25) is 14.6 Å². The van der Waals surface area contributed by atoms with Gasteiger partial charge in [0.2, 0.25) is 5.91 Å². The zero-order valence-corrected chi connectivity index (χ0v) is 24.3. The summed E-state index contributed by atoms with van der Waals surface area (Å²) in [5.41, 5.74) is 1.37. The van der Waals surface area contributed by atoms with Crippen LogP contribution in [0.15, 0.2) is 84.0 Å². The van der Waals surface area contributed by atoms with Crippen molar-refractivity contribution in [3.05, 3.63) is 95.9 Å². The molecular weight excluding hydrogens is 536 g/mol. The number of aromatic amines is 1. The molecule has 4 aromatic rings. The first-order valence-corrected chi connectivity index (χ1v) is 15.9. The highest BCUT2D eigenvalue weighted by Crippen LogP contribution is 2.38. The van der Waals surface area contributed by atoms with E-state index in [0.29, 0.717) is 6.54 Å². The van der Waals surface area contributed by atoms with Crippen molar-refractivity contribution in [2.45, 2.75) is 61.3 Å². The van der Waals surface area contributed by atoms with Gasteiger partial charge in [-0.05, 0) is 61.7 Å². The molecule has 1 saturated carbocycles. The molecule has 2 aromatic heterocycles. The first-order chi connectivity index (χ1) is 19.6. The molecule has 1 aliphatic carbocycles. The molecule has 2 amide bonds. The Morgan fingerprint density at radius 1 is 1.00 bits per heavy atom. The standard InChI is InChI=1S/C32H36N4O4S/c1-31(20-24-21-34-27-14-5-4-13-26(24)27,36-29(37)23-11-10-12-25(19-23)41(2,39)40)30(38)35-22-32(16-7-3-8-17-32)28-15-6-9-18-33-28/h4-6,9-15,18-19,21,34H,3,7-8,16-17,20,22H2,1-2H3,(H,35,38)(H,36,37)/t31-/m0/s1. The number of hydrogen-bond donors (Lipinski definition) is 3. The molecule has 1 atom stereocenters. The number of carbonyl (C=O) groups is 2. The van der Waals surface area contributed by atoms with Gasteiger partial charge >= 0.3 is 0 Å². The maximum absolute atomic E-state index is 14.1. The molecule has 8 nitrogen and oxygen atoms in total. The lowest BCUT2D eigenvalue weighted by Crippen LogP contribution is -2.59. The summed E-state index contributed by atoms with van der Waals surface area (Å²) >= 11 is 0. The number of hydrogen-bond acceptors (Lipinski definition) is 5. The fraction of sp³-hybridized carbons (Fsp3) is 0.344. The molecule has 9 heteroatoms. The second-order valence-electron chi connectivity index (χ2n) is 11.4. The van der Waals surface area contributed by atoms with E-state index in [1.807, 2.05) is 48.7 Å². The van der Waals surface area contributed by atoms with Gasteiger partial charge in [0.15, 0.2) is 9.84 Å². The van der Waals surface area contributed by atoms with E-state index in [2.05, 4.69) is 20.6 Å². The number of amides is 2. The Morgan fingerprint density at radius 3 is 2.49 bits per heavy atom. The van der Waals surface area contributed by atoms with Crippen molar-refractivity contribution in [1.29, 1.82) is 0 Å². The SMILES string of the molecule is C[C@@](Cc1c[nH]c2ccccc12)(NC(=O)c1cccc(S(C)(=O)=O)c1)C(=O)NCC1(c2ccccn2)CCCCC1. The summed E-state index contributed by atoms with van der Waals surface area (Å²) < 4.78 is 24.2. The number of pyridine rings is 1. The Labute approximate surface area is 240 Å². The number of nitrogens with one attached hydrogen (secondary N) is 3. The van der Waals surface area contributed by atoms with E-state index in [1.54, 1.807) is 19.2 Å². The van der Waals surface area contributed by atoms with Crippen LogP contribution in [0.4, 0.5) is 0 Å². The third-order valence-electron chi connectivity index (χ3n) is 8.24. The first kappa shape index (κ1) is 28.5. The monoisotopic (exact) mass is 572 g/mol. The van der Waals surface area contributed by atoms with Crippen LogP contribution in [0.25, 0.3) is 10.9 Å². The number of benzene rings is 2. The summed E-state index contributed by atoms with van der Waals surface area (Å²) in [5, 5.41) is 7.11. The highest BCUT2D eigenvalue weighted by atomic mass is 32.2. The van der Waals surface area contributed by atoms with Gasteiger partial charge in [0.05, 0.1) is 4.90 Å². The van der Waals surface area contributed by atoms with E-state index in [9.17, 15) is 18.0 Å². The molecule has 0 bridgehead atoms. The molecule has 0 aliphatic heterocycles. The van der Waals surface area contributed by atoms with E-state index in [4.69, 9.17) is 0 Å². The van der Waals surface area contributed by atoms with Crippen molar-refractivity contribution in [1.82, 2.24) is 20.6 Å². The average Bonchev–Trinajstić information content (AvgIpc) is 3.38. The zero-order valence-electron chi connectivity index (χ0n) is 23.4. The van der Waals surface area contributed by atoms with Crippen molar-refractivity contribution in [2.75, 3.05) is 12.8 Å². The average molecular weight is 573 g/mol. The maximum atomic E-state index is 14.1. The van der Waals surface area contributed by atoms with Gasteiger partial charge in [0.1, 0.15) is 5.54 Å². The fourth-order valence-corrected chi connectivity index (χ4v) is 6.57.